The number of amides is 1. The van der Waals surface area contributed by atoms with Crippen molar-refractivity contribution in [1.82, 2.24) is 10.3 Å². The highest BCUT2D eigenvalue weighted by Crippen LogP contribution is 2.04. The van der Waals surface area contributed by atoms with Crippen molar-refractivity contribution in [2.24, 2.45) is 5.84 Å². The summed E-state index contributed by atoms with van der Waals surface area (Å²) in [7, 11) is 1.61. The van der Waals surface area contributed by atoms with Crippen LogP contribution in [0.5, 0.6) is 0 Å². The number of nitrogens with two attached hydrogens (primary N) is 1. The number of nitrogens with zero attached hydrogens (tertiary/aromatic N) is 1. The van der Waals surface area contributed by atoms with Crippen molar-refractivity contribution in [3.63, 3.8) is 0 Å². The molecule has 0 radical (unpaired) electrons. The third kappa shape index (κ3) is 4.01. The molecule has 1 rings (SSSR count). The number of rotatable bonds is 6. The second kappa shape index (κ2) is 6.82. The minimum Gasteiger partial charge on any atom is -0.383 e. The van der Waals surface area contributed by atoms with Crippen LogP contribution >= 0.6 is 0 Å². The summed E-state index contributed by atoms with van der Waals surface area (Å²) >= 11 is 0. The van der Waals surface area contributed by atoms with E-state index >= 15 is 0 Å². The summed E-state index contributed by atoms with van der Waals surface area (Å²) in [5.41, 5.74) is 3.47. The molecule has 0 aliphatic carbocycles. The number of carbonyl (C=O) groups excluding carboxylic acids is 1. The number of hydrazine groups is 1. The lowest BCUT2D eigenvalue weighted by atomic mass is 10.2. The van der Waals surface area contributed by atoms with Crippen LogP contribution in [0, 0.1) is 0 Å². The summed E-state index contributed by atoms with van der Waals surface area (Å²) in [6.07, 6.45) is 2.31. The van der Waals surface area contributed by atoms with Crippen LogP contribution in [0.4, 0.5) is 5.69 Å². The monoisotopic (exact) mass is 238 g/mol. The fourth-order valence-electron chi connectivity index (χ4n) is 1.34. The average Bonchev–Trinajstić information content (AvgIpc) is 2.38. The Bertz CT molecular complexity index is 353. The zero-order chi connectivity index (χ0) is 12.7. The molecule has 0 spiro atoms. The third-order valence-electron chi connectivity index (χ3n) is 2.36. The number of hydrogen-bond donors (Lipinski definition) is 3. The van der Waals surface area contributed by atoms with E-state index in [0.717, 1.165) is 6.42 Å². The molecule has 6 nitrogen and oxygen atoms in total. The Balaban J connectivity index is 2.62. The first kappa shape index (κ1) is 13.4. The molecular formula is C11H18N4O2. The first-order chi connectivity index (χ1) is 8.21. The summed E-state index contributed by atoms with van der Waals surface area (Å²) in [6, 6.07) is 3.31. The molecule has 1 aromatic rings. The van der Waals surface area contributed by atoms with E-state index < -0.39 is 0 Å². The molecule has 4 N–H and O–H groups in total. The van der Waals surface area contributed by atoms with E-state index in [0.29, 0.717) is 18.0 Å². The molecule has 1 unspecified atom stereocenters. The van der Waals surface area contributed by atoms with E-state index in [2.05, 4.69) is 15.7 Å². The minimum absolute atomic E-state index is 0.00149. The van der Waals surface area contributed by atoms with E-state index in [9.17, 15) is 4.79 Å². The molecule has 0 saturated heterocycles. The lowest BCUT2D eigenvalue weighted by Crippen LogP contribution is -2.37. The molecule has 0 aliphatic rings. The quantitative estimate of drug-likeness (QED) is 0.496. The van der Waals surface area contributed by atoms with E-state index in [4.69, 9.17) is 10.6 Å². The molecule has 6 heteroatoms. The second-order valence-electron chi connectivity index (χ2n) is 3.61. The van der Waals surface area contributed by atoms with Crippen molar-refractivity contribution in [2.75, 3.05) is 19.1 Å². The molecule has 0 aromatic carbocycles. The van der Waals surface area contributed by atoms with Crippen molar-refractivity contribution in [3.05, 3.63) is 24.0 Å². The van der Waals surface area contributed by atoms with Crippen LogP contribution < -0.4 is 16.6 Å². The fourth-order valence-corrected chi connectivity index (χ4v) is 1.34. The van der Waals surface area contributed by atoms with Gasteiger partial charge in [0.2, 0.25) is 0 Å². The zero-order valence-corrected chi connectivity index (χ0v) is 10.1. The predicted octanol–water partition coefficient (Wildman–Crippen LogP) is 0.522. The van der Waals surface area contributed by atoms with E-state index in [1.807, 2.05) is 6.92 Å². The van der Waals surface area contributed by atoms with E-state index in [-0.39, 0.29) is 11.9 Å². The highest BCUT2D eigenvalue weighted by atomic mass is 16.5. The van der Waals surface area contributed by atoms with Crippen LogP contribution in [0.25, 0.3) is 0 Å². The van der Waals surface area contributed by atoms with Gasteiger partial charge in [-0.05, 0) is 18.6 Å². The number of pyridine rings is 1. The van der Waals surface area contributed by atoms with Gasteiger partial charge in [0.25, 0.3) is 5.91 Å². The summed E-state index contributed by atoms with van der Waals surface area (Å²) in [5, 5.41) is 2.84. The topological polar surface area (TPSA) is 89.3 Å². The Kier molecular flexibility index (Phi) is 5.38. The molecule has 17 heavy (non-hydrogen) atoms. The van der Waals surface area contributed by atoms with Gasteiger partial charge in [-0.25, -0.2) is 4.98 Å². The lowest BCUT2D eigenvalue weighted by Gasteiger charge is -2.15. The van der Waals surface area contributed by atoms with Crippen LogP contribution in [-0.4, -0.2) is 30.6 Å². The van der Waals surface area contributed by atoms with Crippen LogP contribution in [-0.2, 0) is 4.74 Å². The minimum atomic E-state index is -0.211. The predicted molar refractivity (Wildman–Crippen MR) is 65.5 cm³/mol. The van der Waals surface area contributed by atoms with Gasteiger partial charge in [-0.1, -0.05) is 6.92 Å². The molecule has 0 saturated carbocycles. The van der Waals surface area contributed by atoms with E-state index in [1.54, 1.807) is 19.2 Å². The number of nitrogens with one attached hydrogen (secondary N) is 2. The van der Waals surface area contributed by atoms with Gasteiger partial charge >= 0.3 is 0 Å². The first-order valence-electron chi connectivity index (χ1n) is 5.43. The summed E-state index contributed by atoms with van der Waals surface area (Å²) in [5.74, 6) is 5.00. The maximum atomic E-state index is 11.8. The molecule has 0 bridgehead atoms. The van der Waals surface area contributed by atoms with Gasteiger partial charge < -0.3 is 15.5 Å². The van der Waals surface area contributed by atoms with Crippen LogP contribution in [0.1, 0.15) is 23.8 Å². The van der Waals surface area contributed by atoms with Crippen molar-refractivity contribution in [2.45, 2.75) is 19.4 Å². The molecule has 94 valence electrons. The van der Waals surface area contributed by atoms with Crippen molar-refractivity contribution >= 4 is 11.6 Å². The number of carbonyl (C=O) groups is 1. The van der Waals surface area contributed by atoms with Gasteiger partial charge in [0.1, 0.15) is 5.69 Å². The van der Waals surface area contributed by atoms with Gasteiger partial charge in [0.05, 0.1) is 24.5 Å². The number of ether oxygens (including phenoxy) is 1. The second-order valence-corrected chi connectivity index (χ2v) is 3.61. The summed E-state index contributed by atoms with van der Waals surface area (Å²) < 4.78 is 5.01. The normalized spacial score (nSPS) is 11.9. The SMILES string of the molecule is CCC(COC)NC(=O)c1ccc(NN)cn1. The van der Waals surface area contributed by atoms with Gasteiger partial charge in [-0.2, -0.15) is 0 Å². The van der Waals surface area contributed by atoms with Crippen molar-refractivity contribution in [1.29, 1.82) is 0 Å². The van der Waals surface area contributed by atoms with Gasteiger partial charge in [0.15, 0.2) is 0 Å². The molecule has 0 fully saturated rings. The Morgan fingerprint density at radius 1 is 1.59 bits per heavy atom. The first-order valence-corrected chi connectivity index (χ1v) is 5.43. The largest absolute Gasteiger partial charge is 0.383 e. The number of aromatic nitrogens is 1. The van der Waals surface area contributed by atoms with Crippen molar-refractivity contribution in [3.8, 4) is 0 Å². The smallest absolute Gasteiger partial charge is 0.270 e. The number of anilines is 1. The number of hydrogen-bond acceptors (Lipinski definition) is 5. The Hall–Kier alpha value is -1.66. The standard InChI is InChI=1S/C11H18N4O2/c1-3-8(7-17-2)14-11(16)10-5-4-9(15-12)6-13-10/h4-6,8,15H,3,7,12H2,1-2H3,(H,14,16). The highest BCUT2D eigenvalue weighted by molar-refractivity contribution is 5.92. The molecule has 1 aromatic heterocycles. The zero-order valence-electron chi connectivity index (χ0n) is 10.1. The van der Waals surface area contributed by atoms with Crippen LogP contribution in [0.2, 0.25) is 0 Å². The lowest BCUT2D eigenvalue weighted by molar-refractivity contribution is 0.0889. The Morgan fingerprint density at radius 2 is 2.35 bits per heavy atom. The maximum Gasteiger partial charge on any atom is 0.270 e. The highest BCUT2D eigenvalue weighted by Gasteiger charge is 2.12. The van der Waals surface area contributed by atoms with Gasteiger partial charge in [-0.15, -0.1) is 0 Å². The molecule has 1 heterocycles. The molecule has 0 aliphatic heterocycles. The van der Waals surface area contributed by atoms with Gasteiger partial charge in [0, 0.05) is 7.11 Å². The Labute approximate surface area is 101 Å². The molecular weight excluding hydrogens is 220 g/mol. The van der Waals surface area contributed by atoms with Gasteiger partial charge in [-0.3, -0.25) is 10.6 Å². The van der Waals surface area contributed by atoms with Crippen LogP contribution in [0.15, 0.2) is 18.3 Å². The maximum absolute atomic E-state index is 11.8. The Morgan fingerprint density at radius 3 is 2.82 bits per heavy atom. The van der Waals surface area contributed by atoms with Crippen molar-refractivity contribution < 1.29 is 9.53 Å². The fraction of sp³-hybridized carbons (Fsp3) is 0.455. The summed E-state index contributed by atoms with van der Waals surface area (Å²) in [6.45, 7) is 2.48. The number of methoxy groups -OCH3 is 1. The number of nitrogen functional groups attached to an aromatic ring is 1. The average molecular weight is 238 g/mol. The van der Waals surface area contributed by atoms with E-state index in [1.165, 1.54) is 6.20 Å². The molecule has 1 atom stereocenters. The third-order valence-corrected chi connectivity index (χ3v) is 2.36. The van der Waals surface area contributed by atoms with Crippen LogP contribution in [0.3, 0.4) is 0 Å². The molecule has 1 amide bonds. The summed E-state index contributed by atoms with van der Waals surface area (Å²) in [4.78, 5) is 15.8.